The van der Waals surface area contributed by atoms with E-state index in [-0.39, 0.29) is 35.4 Å². The van der Waals surface area contributed by atoms with E-state index >= 15 is 0 Å². The molecule has 0 unspecified atom stereocenters. The van der Waals surface area contributed by atoms with Crippen LogP contribution in [0.5, 0.6) is 0 Å². The molecule has 40 heavy (non-hydrogen) atoms. The van der Waals surface area contributed by atoms with Gasteiger partial charge in [0.05, 0.1) is 10.1 Å². The van der Waals surface area contributed by atoms with Gasteiger partial charge in [0.15, 0.2) is 9.84 Å². The van der Waals surface area contributed by atoms with Crippen LogP contribution >= 0.6 is 24.0 Å². The Labute approximate surface area is 250 Å². The smallest absolute Gasteiger partial charge is 0.230 e. The third kappa shape index (κ3) is 7.78. The van der Waals surface area contributed by atoms with Gasteiger partial charge < -0.3 is 14.7 Å². The zero-order chi connectivity index (χ0) is 28.2. The Morgan fingerprint density at radius 1 is 0.950 bits per heavy atom. The molecule has 10 heteroatoms. The number of carbonyl (C=O) groups excluding carboxylic acids is 2. The van der Waals surface area contributed by atoms with Crippen molar-refractivity contribution in [3.63, 3.8) is 0 Å². The number of likely N-dealkylation sites (tertiary alicyclic amines) is 2. The molecule has 4 rings (SSSR count). The largest absolute Gasteiger partial charge is 0.343 e. The molecule has 2 heterocycles. The Morgan fingerprint density at radius 2 is 1.57 bits per heavy atom. The number of piperidine rings is 2. The number of carbonyl (C=O) groups is 2. The van der Waals surface area contributed by atoms with Crippen molar-refractivity contribution < 1.29 is 18.0 Å². The summed E-state index contributed by atoms with van der Waals surface area (Å²) in [6, 6.07) is 12.9. The number of hydrogen-bond donors (Lipinski definition) is 0. The number of sulfone groups is 1. The first kappa shape index (κ1) is 32.4. The fourth-order valence-electron chi connectivity index (χ4n) is 5.59. The van der Waals surface area contributed by atoms with Crippen LogP contribution in [0.2, 0.25) is 5.02 Å². The van der Waals surface area contributed by atoms with E-state index in [2.05, 4.69) is 4.90 Å². The van der Waals surface area contributed by atoms with E-state index in [1.54, 1.807) is 24.0 Å². The highest BCUT2D eigenvalue weighted by molar-refractivity contribution is 7.92. The van der Waals surface area contributed by atoms with Crippen LogP contribution in [0.25, 0.3) is 0 Å². The van der Waals surface area contributed by atoms with Crippen LogP contribution in [-0.2, 0) is 19.4 Å². The predicted octanol–water partition coefficient (Wildman–Crippen LogP) is 5.30. The average molecular weight is 611 g/mol. The van der Waals surface area contributed by atoms with E-state index in [0.29, 0.717) is 55.2 Å². The summed E-state index contributed by atoms with van der Waals surface area (Å²) < 4.78 is 26.2. The molecule has 0 atom stereocenters. The molecule has 0 bridgehead atoms. The van der Waals surface area contributed by atoms with E-state index in [1.165, 1.54) is 0 Å². The lowest BCUT2D eigenvalue weighted by Crippen LogP contribution is -2.45. The summed E-state index contributed by atoms with van der Waals surface area (Å²) in [5.41, 5.74) is 2.81. The predicted molar refractivity (Wildman–Crippen MR) is 163 cm³/mol. The van der Waals surface area contributed by atoms with E-state index in [0.717, 1.165) is 42.9 Å². The van der Waals surface area contributed by atoms with Gasteiger partial charge in [-0.3, -0.25) is 9.59 Å². The van der Waals surface area contributed by atoms with Crippen LogP contribution in [-0.4, -0.2) is 74.6 Å². The zero-order valence-corrected chi connectivity index (χ0v) is 26.0. The van der Waals surface area contributed by atoms with Crippen LogP contribution in [0.1, 0.15) is 50.2 Å². The minimum Gasteiger partial charge on any atom is -0.343 e. The van der Waals surface area contributed by atoms with Gasteiger partial charge in [-0.15, -0.1) is 12.4 Å². The molecule has 2 aromatic carbocycles. The quantitative estimate of drug-likeness (QED) is 0.406. The van der Waals surface area contributed by atoms with Crippen molar-refractivity contribution in [2.45, 2.75) is 63.0 Å². The summed E-state index contributed by atoms with van der Waals surface area (Å²) in [6.07, 6.45) is 3.33. The molecule has 2 aliphatic rings. The molecule has 0 radical (unpaired) electrons. The lowest BCUT2D eigenvalue weighted by molar-refractivity contribution is -0.133. The Bertz CT molecular complexity index is 1270. The molecular weight excluding hydrogens is 569 g/mol. The first-order valence-electron chi connectivity index (χ1n) is 13.9. The topological polar surface area (TPSA) is 78.0 Å². The van der Waals surface area contributed by atoms with E-state index in [1.807, 2.05) is 49.1 Å². The molecule has 0 N–H and O–H groups in total. The standard InChI is InChI=1S/C30H40ClN3O4S.ClH/c1-22-5-9-27(10-6-22)39(37,38)28-13-17-32(18-14-28)15-4-16-34(26-8-7-23(2)29(31)21-26)30(36)25-11-19-33(20-12-25)24(3)35;/h5-10,21,25,28H,4,11-20H2,1-3H3;1H. The maximum absolute atomic E-state index is 13.7. The molecule has 0 spiro atoms. The Morgan fingerprint density at radius 3 is 2.15 bits per heavy atom. The minimum absolute atomic E-state index is 0. The average Bonchev–Trinajstić information content (AvgIpc) is 2.93. The summed E-state index contributed by atoms with van der Waals surface area (Å²) in [6.45, 7) is 9.49. The summed E-state index contributed by atoms with van der Waals surface area (Å²) >= 11 is 6.42. The Kier molecular flexibility index (Phi) is 11.5. The third-order valence-corrected chi connectivity index (χ3v) is 10.9. The SMILES string of the molecule is CC(=O)N1CCC(C(=O)N(CCCN2CCC(S(=O)(=O)c3ccc(C)cc3)CC2)c2ccc(C)c(Cl)c2)CC1.Cl. The summed E-state index contributed by atoms with van der Waals surface area (Å²) in [5, 5.41) is 0.277. The van der Waals surface area contributed by atoms with Crippen molar-refractivity contribution in [3.8, 4) is 0 Å². The second-order valence-electron chi connectivity index (χ2n) is 11.0. The second-order valence-corrected chi connectivity index (χ2v) is 13.6. The van der Waals surface area contributed by atoms with Gasteiger partial charge in [0.25, 0.3) is 0 Å². The normalized spacial score (nSPS) is 17.4. The molecular formula is C30H41Cl2N3O4S. The third-order valence-electron chi connectivity index (χ3n) is 8.20. The summed E-state index contributed by atoms with van der Waals surface area (Å²) in [7, 11) is -3.33. The van der Waals surface area contributed by atoms with Crippen molar-refractivity contribution in [2.75, 3.05) is 44.2 Å². The van der Waals surface area contributed by atoms with Crippen LogP contribution in [0.15, 0.2) is 47.4 Å². The van der Waals surface area contributed by atoms with Gasteiger partial charge >= 0.3 is 0 Å². The molecule has 2 saturated heterocycles. The zero-order valence-electron chi connectivity index (χ0n) is 23.6. The van der Waals surface area contributed by atoms with E-state index in [4.69, 9.17) is 11.6 Å². The molecule has 2 aromatic rings. The van der Waals surface area contributed by atoms with Gasteiger partial charge in [0.2, 0.25) is 11.8 Å². The van der Waals surface area contributed by atoms with Crippen LogP contribution in [0.3, 0.4) is 0 Å². The van der Waals surface area contributed by atoms with Gasteiger partial charge in [-0.05, 0) is 95.4 Å². The number of rotatable bonds is 8. The minimum atomic E-state index is -3.33. The van der Waals surface area contributed by atoms with Crippen molar-refractivity contribution in [3.05, 3.63) is 58.6 Å². The van der Waals surface area contributed by atoms with Crippen molar-refractivity contribution in [1.29, 1.82) is 0 Å². The van der Waals surface area contributed by atoms with Gasteiger partial charge in [-0.1, -0.05) is 35.4 Å². The molecule has 2 fully saturated rings. The van der Waals surface area contributed by atoms with Crippen LogP contribution in [0, 0.1) is 19.8 Å². The maximum atomic E-state index is 13.7. The molecule has 0 aliphatic carbocycles. The highest BCUT2D eigenvalue weighted by Crippen LogP contribution is 2.28. The van der Waals surface area contributed by atoms with Gasteiger partial charge in [0, 0.05) is 43.2 Å². The second kappa shape index (κ2) is 14.2. The lowest BCUT2D eigenvalue weighted by Gasteiger charge is -2.35. The number of benzene rings is 2. The number of amides is 2. The fourth-order valence-corrected chi connectivity index (χ4v) is 7.50. The molecule has 2 amide bonds. The van der Waals surface area contributed by atoms with Crippen molar-refractivity contribution >= 4 is 51.3 Å². The number of aryl methyl sites for hydroxylation is 2. The highest BCUT2D eigenvalue weighted by atomic mass is 35.5. The number of halogens is 2. The lowest BCUT2D eigenvalue weighted by atomic mass is 9.94. The van der Waals surface area contributed by atoms with Crippen molar-refractivity contribution in [2.24, 2.45) is 5.92 Å². The van der Waals surface area contributed by atoms with E-state index < -0.39 is 9.84 Å². The van der Waals surface area contributed by atoms with Gasteiger partial charge in [-0.25, -0.2) is 8.42 Å². The molecule has 7 nitrogen and oxygen atoms in total. The summed E-state index contributed by atoms with van der Waals surface area (Å²) in [4.78, 5) is 31.8. The number of hydrogen-bond acceptors (Lipinski definition) is 5. The molecule has 2 aliphatic heterocycles. The Hall–Kier alpha value is -2.13. The van der Waals surface area contributed by atoms with Crippen molar-refractivity contribution in [1.82, 2.24) is 9.80 Å². The first-order valence-corrected chi connectivity index (χ1v) is 15.8. The number of anilines is 1. The molecule has 0 aromatic heterocycles. The van der Waals surface area contributed by atoms with Gasteiger partial charge in [-0.2, -0.15) is 0 Å². The van der Waals surface area contributed by atoms with Crippen LogP contribution in [0.4, 0.5) is 5.69 Å². The fraction of sp³-hybridized carbons (Fsp3) is 0.533. The van der Waals surface area contributed by atoms with E-state index in [9.17, 15) is 18.0 Å². The Balaban J connectivity index is 0.00000441. The van der Waals surface area contributed by atoms with Gasteiger partial charge in [0.1, 0.15) is 0 Å². The monoisotopic (exact) mass is 609 g/mol. The highest BCUT2D eigenvalue weighted by Gasteiger charge is 2.32. The van der Waals surface area contributed by atoms with Crippen LogP contribution < -0.4 is 4.90 Å². The maximum Gasteiger partial charge on any atom is 0.230 e. The molecule has 0 saturated carbocycles. The first-order chi connectivity index (χ1) is 18.6. The number of nitrogens with zero attached hydrogens (tertiary/aromatic N) is 3. The molecule has 220 valence electrons. The summed E-state index contributed by atoms with van der Waals surface area (Å²) in [5.74, 6) is 0.0166.